The molecule has 9 nitrogen and oxygen atoms in total. The van der Waals surface area contributed by atoms with Gasteiger partial charge in [-0.15, -0.1) is 0 Å². The fourth-order valence-electron chi connectivity index (χ4n) is 10.4. The number of ketones is 3. The van der Waals surface area contributed by atoms with Crippen molar-refractivity contribution >= 4 is 39.0 Å². The number of sulfone groups is 1. The largest absolute Gasteiger partial charge is 0.347 e. The lowest BCUT2D eigenvalue weighted by Gasteiger charge is -2.41. The van der Waals surface area contributed by atoms with Crippen molar-refractivity contribution in [1.82, 2.24) is 10.2 Å². The van der Waals surface area contributed by atoms with Gasteiger partial charge >= 0.3 is 0 Å². The molecular formula is C38H58N2O7S. The Morgan fingerprint density at radius 2 is 1.48 bits per heavy atom. The fraction of sp³-hybridized carbons (Fsp3) is 0.868. The highest BCUT2D eigenvalue weighted by molar-refractivity contribution is 7.92. The number of amides is 2. The van der Waals surface area contributed by atoms with Gasteiger partial charge in [0.25, 0.3) is 5.91 Å². The van der Waals surface area contributed by atoms with E-state index in [1.165, 1.54) is 0 Å². The molecular weight excluding hydrogens is 628 g/mol. The fourth-order valence-corrected chi connectivity index (χ4v) is 12.8. The van der Waals surface area contributed by atoms with Crippen molar-refractivity contribution < 1.29 is 32.4 Å². The maximum atomic E-state index is 14.5. The Hall–Kier alpha value is -2.10. The molecule has 6 fully saturated rings. The molecule has 0 spiro atoms. The number of piperidine rings is 1. The highest BCUT2D eigenvalue weighted by atomic mass is 32.2. The van der Waals surface area contributed by atoms with Crippen molar-refractivity contribution in [3.8, 4) is 0 Å². The van der Waals surface area contributed by atoms with Crippen molar-refractivity contribution in [2.75, 3.05) is 12.3 Å². The van der Waals surface area contributed by atoms with Gasteiger partial charge in [0.15, 0.2) is 15.6 Å². The van der Waals surface area contributed by atoms with Crippen LogP contribution in [-0.4, -0.2) is 72.1 Å². The van der Waals surface area contributed by atoms with E-state index in [9.17, 15) is 32.4 Å². The van der Waals surface area contributed by atoms with Gasteiger partial charge in [0.05, 0.1) is 17.0 Å². The summed E-state index contributed by atoms with van der Waals surface area (Å²) in [4.78, 5) is 70.6. The van der Waals surface area contributed by atoms with Crippen LogP contribution >= 0.6 is 0 Å². The Morgan fingerprint density at radius 3 is 2.12 bits per heavy atom. The Labute approximate surface area is 287 Å². The molecule has 0 aromatic rings. The van der Waals surface area contributed by atoms with Crippen molar-refractivity contribution in [3.63, 3.8) is 0 Å². The summed E-state index contributed by atoms with van der Waals surface area (Å²) in [6.07, 6.45) is 14.2. The Balaban J connectivity index is 1.21. The first-order valence-electron chi connectivity index (χ1n) is 19.3. The normalized spacial score (nSPS) is 35.1. The molecule has 3 saturated carbocycles. The molecule has 1 N–H and O–H groups in total. The quantitative estimate of drug-likeness (QED) is 0.332. The number of nitrogens with zero attached hydrogens (tertiary/aromatic N) is 1. The minimum atomic E-state index is -3.23. The van der Waals surface area contributed by atoms with E-state index >= 15 is 0 Å². The van der Waals surface area contributed by atoms with Gasteiger partial charge in [-0.25, -0.2) is 8.42 Å². The third-order valence-electron chi connectivity index (χ3n) is 13.4. The molecule has 6 rings (SSSR count). The van der Waals surface area contributed by atoms with Gasteiger partial charge in [0, 0.05) is 43.7 Å². The minimum Gasteiger partial charge on any atom is -0.347 e. The molecule has 48 heavy (non-hydrogen) atoms. The van der Waals surface area contributed by atoms with Crippen LogP contribution in [0.25, 0.3) is 0 Å². The van der Waals surface area contributed by atoms with E-state index in [0.717, 1.165) is 83.5 Å². The number of carbonyl (C=O) groups excluding carboxylic acids is 5. The zero-order chi connectivity index (χ0) is 34.3. The van der Waals surface area contributed by atoms with E-state index < -0.39 is 50.1 Å². The summed E-state index contributed by atoms with van der Waals surface area (Å²) in [7, 11) is -3.23. The molecule has 2 amide bonds. The Kier molecular flexibility index (Phi) is 10.6. The number of Topliss-reactive ketones (excluding diaryl/α,β-unsaturated/α-hetero) is 3. The van der Waals surface area contributed by atoms with Gasteiger partial charge in [-0.2, -0.15) is 0 Å². The van der Waals surface area contributed by atoms with E-state index in [4.69, 9.17) is 0 Å². The van der Waals surface area contributed by atoms with Gasteiger partial charge in [-0.1, -0.05) is 71.6 Å². The summed E-state index contributed by atoms with van der Waals surface area (Å²) in [6, 6.07) is -0.582. The molecule has 6 aliphatic rings. The van der Waals surface area contributed by atoms with Crippen LogP contribution < -0.4 is 5.32 Å². The predicted molar refractivity (Wildman–Crippen MR) is 183 cm³/mol. The number of carbonyl (C=O) groups is 5. The second kappa shape index (κ2) is 14.3. The van der Waals surface area contributed by atoms with E-state index in [1.54, 1.807) is 4.90 Å². The lowest BCUT2D eigenvalue weighted by Crippen LogP contribution is -2.49. The average molecular weight is 687 g/mol. The molecule has 0 unspecified atom stereocenters. The van der Waals surface area contributed by atoms with Crippen molar-refractivity contribution in [1.29, 1.82) is 0 Å². The first-order valence-corrected chi connectivity index (χ1v) is 21.0. The van der Waals surface area contributed by atoms with Crippen molar-refractivity contribution in [2.24, 2.45) is 34.5 Å². The summed E-state index contributed by atoms with van der Waals surface area (Å²) in [5.74, 6) is -2.21. The molecule has 0 radical (unpaired) electrons. The van der Waals surface area contributed by atoms with Gasteiger partial charge in [-0.3, -0.25) is 24.0 Å². The molecule has 6 atom stereocenters. The first-order chi connectivity index (χ1) is 22.8. The van der Waals surface area contributed by atoms with E-state index in [2.05, 4.69) is 19.2 Å². The standard InChI is InChI=1S/C38H58N2O7S/c1-37(2)29-24-40-33(32(29)37)30(42)22-25(34(43)35(44)39-27-16-17-27)13-8-5-3-4-6-9-14-26(36(40)45)21-28(41)23-38(18-10-7-11-19-38)31-15-12-20-48(31,46)47/h25-27,29,31-33H,3-24H2,1-2H3,(H,39,44)/t25-,26-,29+,31-,32+,33-/m1/s1. The Bertz CT molecular complexity index is 1380. The van der Waals surface area contributed by atoms with Crippen molar-refractivity contribution in [3.05, 3.63) is 0 Å². The van der Waals surface area contributed by atoms with Crippen LogP contribution in [0.15, 0.2) is 0 Å². The monoisotopic (exact) mass is 686 g/mol. The highest BCUT2D eigenvalue weighted by Crippen LogP contribution is 2.65. The van der Waals surface area contributed by atoms with E-state index in [-0.39, 0.29) is 65.8 Å². The zero-order valence-electron chi connectivity index (χ0n) is 29.3. The molecule has 3 saturated heterocycles. The summed E-state index contributed by atoms with van der Waals surface area (Å²) >= 11 is 0. The number of rotatable bonds is 8. The maximum absolute atomic E-state index is 14.5. The third kappa shape index (κ3) is 7.48. The van der Waals surface area contributed by atoms with Crippen LogP contribution in [0.4, 0.5) is 0 Å². The van der Waals surface area contributed by atoms with Gasteiger partial charge in [0.1, 0.15) is 5.78 Å². The Morgan fingerprint density at radius 1 is 0.833 bits per heavy atom. The highest BCUT2D eigenvalue weighted by Gasteiger charge is 2.69. The van der Waals surface area contributed by atoms with Crippen LogP contribution in [0.5, 0.6) is 0 Å². The van der Waals surface area contributed by atoms with Crippen LogP contribution in [0.1, 0.15) is 142 Å². The second-order valence-electron chi connectivity index (χ2n) is 17.1. The minimum absolute atomic E-state index is 0.00936. The molecule has 268 valence electrons. The lowest BCUT2D eigenvalue weighted by molar-refractivity contribution is -0.146. The van der Waals surface area contributed by atoms with Crippen LogP contribution in [0, 0.1) is 34.5 Å². The third-order valence-corrected chi connectivity index (χ3v) is 15.8. The van der Waals surface area contributed by atoms with Crippen LogP contribution in [0.3, 0.4) is 0 Å². The molecule has 0 aromatic carbocycles. The van der Waals surface area contributed by atoms with Crippen LogP contribution in [-0.2, 0) is 33.8 Å². The SMILES string of the molecule is CC1(C)[C@@H]2[C@H]3C(=O)C[C@H](C(=O)C(=O)NC4CC4)CCCCCCCC[C@H](CC(=O)CC4([C@H]5CCCS5(=O)=O)CCCCC4)C(=O)N3C[C@@H]21. The summed E-state index contributed by atoms with van der Waals surface area (Å²) in [5, 5.41) is 2.35. The number of hydrogen-bond acceptors (Lipinski definition) is 7. The average Bonchev–Trinajstić information content (AvgIpc) is 3.82. The molecule has 3 aliphatic carbocycles. The smallest absolute Gasteiger partial charge is 0.287 e. The lowest BCUT2D eigenvalue weighted by atomic mass is 9.67. The molecule has 3 heterocycles. The first kappa shape index (κ1) is 35.7. The van der Waals surface area contributed by atoms with E-state index in [1.807, 2.05) is 0 Å². The predicted octanol–water partition coefficient (Wildman–Crippen LogP) is 5.52. The van der Waals surface area contributed by atoms with Crippen LogP contribution in [0.2, 0.25) is 0 Å². The van der Waals surface area contributed by atoms with E-state index in [0.29, 0.717) is 32.2 Å². The summed E-state index contributed by atoms with van der Waals surface area (Å²) in [6.45, 7) is 4.75. The molecule has 10 heteroatoms. The van der Waals surface area contributed by atoms with Gasteiger partial charge in [0.2, 0.25) is 11.7 Å². The molecule has 3 aliphatic heterocycles. The molecule has 0 bridgehead atoms. The number of hydrogen-bond donors (Lipinski definition) is 1. The zero-order valence-corrected chi connectivity index (χ0v) is 30.1. The summed E-state index contributed by atoms with van der Waals surface area (Å²) in [5.41, 5.74) is -0.618. The van der Waals surface area contributed by atoms with Gasteiger partial charge in [-0.05, 0) is 74.0 Å². The topological polar surface area (TPSA) is 135 Å². The maximum Gasteiger partial charge on any atom is 0.287 e. The van der Waals surface area contributed by atoms with Crippen molar-refractivity contribution in [2.45, 2.75) is 160 Å². The number of nitrogens with one attached hydrogen (secondary N) is 1. The molecule has 0 aromatic heterocycles. The number of fused-ring (bicyclic) bond motifs is 3. The summed E-state index contributed by atoms with van der Waals surface area (Å²) < 4.78 is 26.3. The van der Waals surface area contributed by atoms with Gasteiger partial charge < -0.3 is 10.2 Å². The second-order valence-corrected chi connectivity index (χ2v) is 19.4.